The molecule has 0 radical (unpaired) electrons. The van der Waals surface area contributed by atoms with Gasteiger partial charge >= 0.3 is 6.18 Å². The number of hydrogen-bond donors (Lipinski definition) is 2. The fourth-order valence-corrected chi connectivity index (χ4v) is 2.32. The molecule has 2 aromatic rings. The van der Waals surface area contributed by atoms with Crippen LogP contribution in [-0.2, 0) is 11.0 Å². The van der Waals surface area contributed by atoms with Crippen LogP contribution in [0.4, 0.5) is 30.4 Å². The molecule has 0 bridgehead atoms. The number of pyridine rings is 1. The van der Waals surface area contributed by atoms with Crippen LogP contribution in [0.5, 0.6) is 0 Å². The van der Waals surface area contributed by atoms with Gasteiger partial charge in [-0.1, -0.05) is 25.4 Å². The van der Waals surface area contributed by atoms with E-state index in [9.17, 15) is 18.0 Å². The fraction of sp³-hybridized carbons (Fsp3) is 0.294. The van der Waals surface area contributed by atoms with Crippen LogP contribution in [-0.4, -0.2) is 10.9 Å². The van der Waals surface area contributed by atoms with Crippen LogP contribution in [0.1, 0.15) is 25.8 Å². The standard InChI is InChI=1S/C17H17ClF3N3O/c1-10(2)7-16(25)24-12-4-6-15(22-9-12)23-11-3-5-14(18)13(8-11)17(19,20)21/h3-6,8-10H,7H2,1-2H3,(H,22,23)(H,24,25). The van der Waals surface area contributed by atoms with Crippen molar-refractivity contribution in [3.05, 3.63) is 47.1 Å². The molecule has 0 saturated carbocycles. The number of carbonyl (C=O) groups is 1. The van der Waals surface area contributed by atoms with Crippen LogP contribution in [0.15, 0.2) is 36.5 Å². The van der Waals surface area contributed by atoms with E-state index in [1.165, 1.54) is 18.3 Å². The molecular weight excluding hydrogens is 355 g/mol. The Balaban J connectivity index is 2.08. The molecule has 0 aliphatic rings. The molecule has 0 saturated heterocycles. The molecule has 25 heavy (non-hydrogen) atoms. The van der Waals surface area contributed by atoms with Gasteiger partial charge < -0.3 is 10.6 Å². The van der Waals surface area contributed by atoms with Crippen molar-refractivity contribution in [2.24, 2.45) is 5.92 Å². The van der Waals surface area contributed by atoms with Gasteiger partial charge in [0.1, 0.15) is 5.82 Å². The van der Waals surface area contributed by atoms with E-state index in [1.54, 1.807) is 12.1 Å². The van der Waals surface area contributed by atoms with E-state index in [1.807, 2.05) is 13.8 Å². The summed E-state index contributed by atoms with van der Waals surface area (Å²) in [6.45, 7) is 3.87. The summed E-state index contributed by atoms with van der Waals surface area (Å²) in [5.41, 5.74) is -0.194. The summed E-state index contributed by atoms with van der Waals surface area (Å²) in [5.74, 6) is 0.462. The van der Waals surface area contributed by atoms with Crippen LogP contribution < -0.4 is 10.6 Å². The van der Waals surface area contributed by atoms with Crippen molar-refractivity contribution in [3.63, 3.8) is 0 Å². The number of nitrogens with one attached hydrogen (secondary N) is 2. The Hall–Kier alpha value is -2.28. The molecule has 134 valence electrons. The molecule has 1 heterocycles. The second-order valence-electron chi connectivity index (χ2n) is 5.90. The van der Waals surface area contributed by atoms with E-state index in [-0.39, 0.29) is 22.5 Å². The van der Waals surface area contributed by atoms with E-state index < -0.39 is 11.7 Å². The number of alkyl halides is 3. The van der Waals surface area contributed by atoms with Gasteiger partial charge in [0.15, 0.2) is 0 Å². The lowest BCUT2D eigenvalue weighted by Crippen LogP contribution is -2.14. The Morgan fingerprint density at radius 1 is 1.20 bits per heavy atom. The fourth-order valence-electron chi connectivity index (χ4n) is 2.09. The number of rotatable bonds is 5. The first-order valence-corrected chi connectivity index (χ1v) is 7.92. The largest absolute Gasteiger partial charge is 0.417 e. The van der Waals surface area contributed by atoms with E-state index >= 15 is 0 Å². The van der Waals surface area contributed by atoms with Crippen molar-refractivity contribution in [1.29, 1.82) is 0 Å². The molecule has 4 nitrogen and oxygen atoms in total. The van der Waals surface area contributed by atoms with Crippen LogP contribution in [0.3, 0.4) is 0 Å². The van der Waals surface area contributed by atoms with Crippen molar-refractivity contribution in [1.82, 2.24) is 4.98 Å². The molecule has 0 unspecified atom stereocenters. The van der Waals surface area contributed by atoms with Crippen molar-refractivity contribution in [3.8, 4) is 0 Å². The summed E-state index contributed by atoms with van der Waals surface area (Å²) >= 11 is 5.59. The summed E-state index contributed by atoms with van der Waals surface area (Å²) in [4.78, 5) is 15.8. The smallest absolute Gasteiger partial charge is 0.340 e. The van der Waals surface area contributed by atoms with Gasteiger partial charge in [0, 0.05) is 12.1 Å². The lowest BCUT2D eigenvalue weighted by Gasteiger charge is -2.12. The van der Waals surface area contributed by atoms with E-state index in [0.717, 1.165) is 6.07 Å². The molecule has 0 spiro atoms. The second-order valence-corrected chi connectivity index (χ2v) is 6.30. The quantitative estimate of drug-likeness (QED) is 0.731. The van der Waals surface area contributed by atoms with Crippen LogP contribution in [0.2, 0.25) is 5.02 Å². The lowest BCUT2D eigenvalue weighted by atomic mass is 10.1. The molecule has 1 amide bonds. The summed E-state index contributed by atoms with van der Waals surface area (Å²) < 4.78 is 38.6. The number of carbonyl (C=O) groups excluding carboxylic acids is 1. The van der Waals surface area contributed by atoms with Gasteiger partial charge in [0.2, 0.25) is 5.91 Å². The average molecular weight is 372 g/mol. The van der Waals surface area contributed by atoms with Crippen molar-refractivity contribution in [2.45, 2.75) is 26.4 Å². The Labute approximate surface area is 148 Å². The maximum atomic E-state index is 12.9. The number of aromatic nitrogens is 1. The third-order valence-corrected chi connectivity index (χ3v) is 3.51. The van der Waals surface area contributed by atoms with Crippen molar-refractivity contribution in [2.75, 3.05) is 10.6 Å². The maximum Gasteiger partial charge on any atom is 0.417 e. The second kappa shape index (κ2) is 7.74. The highest BCUT2D eigenvalue weighted by molar-refractivity contribution is 6.31. The Morgan fingerprint density at radius 3 is 2.44 bits per heavy atom. The van der Waals surface area contributed by atoms with Crippen LogP contribution in [0, 0.1) is 5.92 Å². The number of nitrogens with zero attached hydrogens (tertiary/aromatic N) is 1. The molecule has 0 fully saturated rings. The summed E-state index contributed by atoms with van der Waals surface area (Å²) in [6, 6.07) is 6.70. The minimum atomic E-state index is -4.53. The molecule has 0 aliphatic carbocycles. The average Bonchev–Trinajstić information content (AvgIpc) is 2.49. The summed E-state index contributed by atoms with van der Waals surface area (Å²) in [6.07, 6.45) is -2.71. The van der Waals surface area contributed by atoms with Gasteiger partial charge in [0.25, 0.3) is 0 Å². The maximum absolute atomic E-state index is 12.9. The zero-order valence-corrected chi connectivity index (χ0v) is 14.4. The van der Waals surface area contributed by atoms with Crippen LogP contribution >= 0.6 is 11.6 Å². The predicted molar refractivity (Wildman–Crippen MR) is 92.1 cm³/mol. The molecule has 8 heteroatoms. The zero-order chi connectivity index (χ0) is 18.6. The number of hydrogen-bond acceptors (Lipinski definition) is 3. The first-order chi connectivity index (χ1) is 11.6. The van der Waals surface area contributed by atoms with E-state index in [0.29, 0.717) is 17.9 Å². The Bertz CT molecular complexity index is 746. The highest BCUT2D eigenvalue weighted by atomic mass is 35.5. The highest BCUT2D eigenvalue weighted by Crippen LogP contribution is 2.36. The summed E-state index contributed by atoms with van der Waals surface area (Å²) in [7, 11) is 0. The van der Waals surface area contributed by atoms with Gasteiger partial charge in [-0.15, -0.1) is 0 Å². The number of benzene rings is 1. The van der Waals surface area contributed by atoms with Crippen molar-refractivity contribution >= 4 is 34.7 Å². The molecule has 0 aliphatic heterocycles. The summed E-state index contributed by atoms with van der Waals surface area (Å²) in [5, 5.41) is 5.11. The first kappa shape index (κ1) is 19.1. The molecule has 2 N–H and O–H groups in total. The third-order valence-electron chi connectivity index (χ3n) is 3.19. The van der Waals surface area contributed by atoms with E-state index in [2.05, 4.69) is 15.6 Å². The first-order valence-electron chi connectivity index (χ1n) is 7.55. The highest BCUT2D eigenvalue weighted by Gasteiger charge is 2.33. The molecular formula is C17H17ClF3N3O. The molecule has 1 aromatic heterocycles. The number of halogens is 4. The minimum Gasteiger partial charge on any atom is -0.340 e. The minimum absolute atomic E-state index is 0.120. The lowest BCUT2D eigenvalue weighted by molar-refractivity contribution is -0.137. The van der Waals surface area contributed by atoms with Gasteiger partial charge in [-0.25, -0.2) is 4.98 Å². The van der Waals surface area contributed by atoms with Gasteiger partial charge in [0.05, 0.1) is 22.5 Å². The third kappa shape index (κ3) is 5.63. The molecule has 2 rings (SSSR count). The molecule has 0 atom stereocenters. The topological polar surface area (TPSA) is 54.0 Å². The van der Waals surface area contributed by atoms with Crippen LogP contribution in [0.25, 0.3) is 0 Å². The SMILES string of the molecule is CC(C)CC(=O)Nc1ccc(Nc2ccc(Cl)c(C(F)(F)F)c2)nc1. The number of anilines is 3. The molecule has 1 aromatic carbocycles. The van der Waals surface area contributed by atoms with E-state index in [4.69, 9.17) is 11.6 Å². The monoisotopic (exact) mass is 371 g/mol. The van der Waals surface area contributed by atoms with Gasteiger partial charge in [-0.2, -0.15) is 13.2 Å². The normalized spacial score (nSPS) is 11.5. The van der Waals surface area contributed by atoms with Gasteiger partial charge in [-0.05, 0) is 36.2 Å². The zero-order valence-electron chi connectivity index (χ0n) is 13.6. The van der Waals surface area contributed by atoms with Crippen molar-refractivity contribution < 1.29 is 18.0 Å². The number of amides is 1. The predicted octanol–water partition coefficient (Wildman–Crippen LogP) is 5.48. The Kier molecular flexibility index (Phi) is 5.89. The van der Waals surface area contributed by atoms with Gasteiger partial charge in [-0.3, -0.25) is 4.79 Å². The Morgan fingerprint density at radius 2 is 1.88 bits per heavy atom.